The van der Waals surface area contributed by atoms with Gasteiger partial charge in [0.1, 0.15) is 6.61 Å². The van der Waals surface area contributed by atoms with Gasteiger partial charge < -0.3 is 19.3 Å². The van der Waals surface area contributed by atoms with E-state index in [1.807, 2.05) is 13.8 Å². The molecule has 1 heterocycles. The van der Waals surface area contributed by atoms with Crippen LogP contribution in [-0.2, 0) is 4.74 Å². The number of phenolic OH excluding ortho intramolecular Hbond substituents is 1. The van der Waals surface area contributed by atoms with Crippen LogP contribution < -0.4 is 9.47 Å². The van der Waals surface area contributed by atoms with Gasteiger partial charge in [-0.1, -0.05) is 0 Å². The molecular weight excluding hydrogens is 274 g/mol. The maximum atomic E-state index is 12.3. The van der Waals surface area contributed by atoms with E-state index in [1.54, 1.807) is 0 Å². The van der Waals surface area contributed by atoms with E-state index in [9.17, 15) is 9.90 Å². The SMILES string of the molecule is COc1cc(C(=O)CC2=NC(C)(C)CO2)cc(O)c1OC. The average Bonchev–Trinajstić information content (AvgIpc) is 2.76. The van der Waals surface area contributed by atoms with Gasteiger partial charge >= 0.3 is 0 Å². The standard InChI is InChI=1S/C15H19NO5/c1-15(2)8-21-13(16-15)7-10(17)9-5-11(18)14(20-4)12(6-9)19-3/h5-6,18H,7-8H2,1-4H3. The molecule has 1 aromatic rings. The fraction of sp³-hybridized carbons (Fsp3) is 0.467. The molecule has 1 N–H and O–H groups in total. The number of hydrogen-bond acceptors (Lipinski definition) is 6. The number of nitrogens with zero attached hydrogens (tertiary/aromatic N) is 1. The molecule has 0 aliphatic carbocycles. The van der Waals surface area contributed by atoms with Crippen molar-refractivity contribution in [3.63, 3.8) is 0 Å². The summed E-state index contributed by atoms with van der Waals surface area (Å²) in [4.78, 5) is 16.6. The number of ketones is 1. The number of rotatable bonds is 5. The van der Waals surface area contributed by atoms with Crippen molar-refractivity contribution < 1.29 is 24.1 Å². The summed E-state index contributed by atoms with van der Waals surface area (Å²) in [6.45, 7) is 4.34. The number of carbonyl (C=O) groups is 1. The highest BCUT2D eigenvalue weighted by Gasteiger charge is 2.28. The van der Waals surface area contributed by atoms with Crippen LogP contribution >= 0.6 is 0 Å². The predicted octanol–water partition coefficient (Wildman–Crippen LogP) is 2.19. The fourth-order valence-electron chi connectivity index (χ4n) is 2.10. The predicted molar refractivity (Wildman–Crippen MR) is 77.6 cm³/mol. The summed E-state index contributed by atoms with van der Waals surface area (Å²) in [7, 11) is 2.86. The number of Topliss-reactive ketones (excluding diaryl/α,β-unsaturated/α-hetero) is 1. The third-order valence-corrected chi connectivity index (χ3v) is 3.11. The molecule has 0 fully saturated rings. The third kappa shape index (κ3) is 3.26. The number of hydrogen-bond donors (Lipinski definition) is 1. The molecule has 0 spiro atoms. The van der Waals surface area contributed by atoms with Gasteiger partial charge in [0.05, 0.1) is 26.2 Å². The topological polar surface area (TPSA) is 77.4 Å². The van der Waals surface area contributed by atoms with Gasteiger partial charge in [0.15, 0.2) is 23.2 Å². The second-order valence-corrected chi connectivity index (χ2v) is 5.44. The minimum atomic E-state index is -0.296. The summed E-state index contributed by atoms with van der Waals surface area (Å²) >= 11 is 0. The highest BCUT2D eigenvalue weighted by Crippen LogP contribution is 2.37. The molecule has 21 heavy (non-hydrogen) atoms. The van der Waals surface area contributed by atoms with E-state index in [-0.39, 0.29) is 29.2 Å². The highest BCUT2D eigenvalue weighted by atomic mass is 16.5. The van der Waals surface area contributed by atoms with E-state index in [1.165, 1.54) is 26.4 Å². The normalized spacial score (nSPS) is 16.1. The molecule has 0 atom stereocenters. The Balaban J connectivity index is 2.22. The van der Waals surface area contributed by atoms with Crippen LogP contribution in [0.15, 0.2) is 17.1 Å². The van der Waals surface area contributed by atoms with E-state index in [4.69, 9.17) is 14.2 Å². The monoisotopic (exact) mass is 293 g/mol. The van der Waals surface area contributed by atoms with Crippen molar-refractivity contribution in [1.29, 1.82) is 0 Å². The number of phenols is 1. The lowest BCUT2D eigenvalue weighted by Gasteiger charge is -2.11. The van der Waals surface area contributed by atoms with Crippen molar-refractivity contribution in [1.82, 2.24) is 0 Å². The summed E-state index contributed by atoms with van der Waals surface area (Å²) in [5.74, 6) is 0.567. The van der Waals surface area contributed by atoms with Crippen molar-refractivity contribution in [3.8, 4) is 17.2 Å². The van der Waals surface area contributed by atoms with E-state index >= 15 is 0 Å². The van der Waals surface area contributed by atoms with Gasteiger partial charge in [-0.05, 0) is 26.0 Å². The van der Waals surface area contributed by atoms with Crippen LogP contribution in [0.4, 0.5) is 0 Å². The first-order valence-corrected chi connectivity index (χ1v) is 6.56. The molecule has 6 nitrogen and oxygen atoms in total. The van der Waals surface area contributed by atoms with E-state index in [2.05, 4.69) is 4.99 Å². The second kappa shape index (κ2) is 5.63. The van der Waals surface area contributed by atoms with Crippen molar-refractivity contribution in [2.75, 3.05) is 20.8 Å². The van der Waals surface area contributed by atoms with Crippen LogP contribution in [0.3, 0.4) is 0 Å². The van der Waals surface area contributed by atoms with Crippen LogP contribution in [0, 0.1) is 0 Å². The first kappa shape index (κ1) is 15.2. The second-order valence-electron chi connectivity index (χ2n) is 5.44. The van der Waals surface area contributed by atoms with Gasteiger partial charge in [-0.15, -0.1) is 0 Å². The summed E-state index contributed by atoms with van der Waals surface area (Å²) < 4.78 is 15.5. The molecule has 1 aliphatic rings. The minimum Gasteiger partial charge on any atom is -0.504 e. The highest BCUT2D eigenvalue weighted by molar-refractivity contribution is 6.08. The van der Waals surface area contributed by atoms with Gasteiger partial charge in [0.25, 0.3) is 0 Å². The quantitative estimate of drug-likeness (QED) is 0.842. The number of ether oxygens (including phenoxy) is 3. The number of benzene rings is 1. The van der Waals surface area contributed by atoms with E-state index in [0.717, 1.165) is 0 Å². The van der Waals surface area contributed by atoms with Gasteiger partial charge in [0.2, 0.25) is 5.75 Å². The zero-order chi connectivity index (χ0) is 15.6. The summed E-state index contributed by atoms with van der Waals surface area (Å²) in [6.07, 6.45) is 0.0539. The van der Waals surface area contributed by atoms with Crippen LogP contribution in [0.25, 0.3) is 0 Å². The molecule has 2 rings (SSSR count). The Morgan fingerprint density at radius 2 is 2.10 bits per heavy atom. The number of carbonyl (C=O) groups excluding carboxylic acids is 1. The van der Waals surface area contributed by atoms with Crippen molar-refractivity contribution >= 4 is 11.7 Å². The minimum absolute atomic E-state index is 0.0539. The first-order valence-electron chi connectivity index (χ1n) is 6.56. The molecule has 1 aromatic carbocycles. The molecule has 0 radical (unpaired) electrons. The van der Waals surface area contributed by atoms with Gasteiger partial charge in [-0.25, -0.2) is 4.99 Å². The lowest BCUT2D eigenvalue weighted by Crippen LogP contribution is -2.17. The zero-order valence-electron chi connectivity index (χ0n) is 12.6. The molecule has 0 aromatic heterocycles. The molecular formula is C15H19NO5. The van der Waals surface area contributed by atoms with Crippen molar-refractivity contribution in [2.24, 2.45) is 4.99 Å². The summed E-state index contributed by atoms with van der Waals surface area (Å²) in [5, 5.41) is 9.88. The number of methoxy groups -OCH3 is 2. The van der Waals surface area contributed by atoms with Gasteiger partial charge in [-0.2, -0.15) is 0 Å². The fourth-order valence-corrected chi connectivity index (χ4v) is 2.10. The largest absolute Gasteiger partial charge is 0.504 e. The van der Waals surface area contributed by atoms with Crippen LogP contribution in [0.5, 0.6) is 17.2 Å². The molecule has 0 saturated heterocycles. The molecule has 0 unspecified atom stereocenters. The Morgan fingerprint density at radius 1 is 1.38 bits per heavy atom. The Labute approximate surface area is 123 Å². The Morgan fingerprint density at radius 3 is 2.62 bits per heavy atom. The molecule has 1 aliphatic heterocycles. The van der Waals surface area contributed by atoms with E-state index in [0.29, 0.717) is 23.8 Å². The maximum Gasteiger partial charge on any atom is 0.203 e. The van der Waals surface area contributed by atoms with Crippen LogP contribution in [-0.4, -0.2) is 43.2 Å². The summed E-state index contributed by atoms with van der Waals surface area (Å²) in [5.41, 5.74) is 0.0242. The average molecular weight is 293 g/mol. The third-order valence-electron chi connectivity index (χ3n) is 3.11. The van der Waals surface area contributed by atoms with Gasteiger partial charge in [-0.3, -0.25) is 4.79 Å². The Hall–Kier alpha value is -2.24. The molecule has 0 bridgehead atoms. The van der Waals surface area contributed by atoms with Crippen molar-refractivity contribution in [2.45, 2.75) is 25.8 Å². The van der Waals surface area contributed by atoms with E-state index < -0.39 is 0 Å². The zero-order valence-corrected chi connectivity index (χ0v) is 12.6. The molecule has 6 heteroatoms. The van der Waals surface area contributed by atoms with Crippen LogP contribution in [0.2, 0.25) is 0 Å². The van der Waals surface area contributed by atoms with Crippen molar-refractivity contribution in [3.05, 3.63) is 17.7 Å². The smallest absolute Gasteiger partial charge is 0.203 e. The first-order chi connectivity index (χ1) is 9.86. The maximum absolute atomic E-state index is 12.3. The Bertz CT molecular complexity index is 592. The van der Waals surface area contributed by atoms with Crippen LogP contribution in [0.1, 0.15) is 30.6 Å². The summed E-state index contributed by atoms with van der Waals surface area (Å²) in [6, 6.07) is 2.88. The molecule has 114 valence electrons. The Kier molecular flexibility index (Phi) is 4.06. The molecule has 0 saturated carbocycles. The number of aliphatic imine (C=N–C) groups is 1. The lowest BCUT2D eigenvalue weighted by molar-refractivity contribution is 0.0993. The lowest BCUT2D eigenvalue weighted by atomic mass is 10.1. The molecule has 0 amide bonds. The van der Waals surface area contributed by atoms with Gasteiger partial charge in [0, 0.05) is 5.56 Å². The number of aromatic hydroxyl groups is 1.